The smallest absolute Gasteiger partial charge is 0.305 e. The highest BCUT2D eigenvalue weighted by Crippen LogP contribution is 2.68. The molecule has 38 heavy (non-hydrogen) atoms. The molecule has 4 fully saturated rings. The first-order valence-electron chi connectivity index (χ1n) is 15.5. The summed E-state index contributed by atoms with van der Waals surface area (Å²) in [5.74, 6) is 4.29. The van der Waals surface area contributed by atoms with Crippen LogP contribution >= 0.6 is 11.3 Å². The summed E-state index contributed by atoms with van der Waals surface area (Å²) in [6.45, 7) is 8.22. The van der Waals surface area contributed by atoms with E-state index in [-0.39, 0.29) is 12.5 Å². The molecule has 0 radical (unpaired) electrons. The predicted molar refractivity (Wildman–Crippen MR) is 154 cm³/mol. The Balaban J connectivity index is 1.09. The predicted octanol–water partition coefficient (Wildman–Crippen LogP) is 8.38. The van der Waals surface area contributed by atoms with E-state index in [1.54, 1.807) is 0 Å². The van der Waals surface area contributed by atoms with Gasteiger partial charge in [-0.2, -0.15) is 0 Å². The molecule has 2 aromatic rings. The summed E-state index contributed by atoms with van der Waals surface area (Å²) in [5.41, 5.74) is 2.12. The van der Waals surface area contributed by atoms with Crippen LogP contribution in [0.1, 0.15) is 96.4 Å². The van der Waals surface area contributed by atoms with Gasteiger partial charge in [0.2, 0.25) is 0 Å². The summed E-state index contributed by atoms with van der Waals surface area (Å²) in [6.07, 6.45) is 14.8. The number of para-hydroxylation sites is 1. The van der Waals surface area contributed by atoms with Gasteiger partial charge in [-0.3, -0.25) is 4.79 Å². The van der Waals surface area contributed by atoms with Gasteiger partial charge in [-0.05, 0) is 129 Å². The molecule has 1 aromatic carbocycles. The van der Waals surface area contributed by atoms with E-state index in [0.717, 1.165) is 60.3 Å². The summed E-state index contributed by atoms with van der Waals surface area (Å²) in [4.78, 5) is 15.8. The molecule has 0 spiro atoms. The van der Waals surface area contributed by atoms with Crippen LogP contribution in [0, 0.1) is 46.3 Å². The number of hydrogen-bond donors (Lipinski definition) is 1. The van der Waals surface area contributed by atoms with E-state index in [1.807, 2.05) is 11.3 Å². The molecule has 0 unspecified atom stereocenters. The van der Waals surface area contributed by atoms with Crippen LogP contribution in [-0.2, 0) is 16.0 Å². The van der Waals surface area contributed by atoms with Crippen molar-refractivity contribution in [3.63, 3.8) is 0 Å². The normalized spacial score (nSPS) is 39.3. The maximum absolute atomic E-state index is 10.9. The molecule has 6 rings (SSSR count). The Morgan fingerprint density at radius 2 is 1.87 bits per heavy atom. The number of ether oxygens (including phenoxy) is 1. The minimum atomic E-state index is -0.752. The molecule has 5 heteroatoms. The second-order valence-corrected chi connectivity index (χ2v) is 15.0. The summed E-state index contributed by atoms with van der Waals surface area (Å²) in [5, 5.41) is 10.3. The van der Waals surface area contributed by atoms with Crippen LogP contribution in [0.4, 0.5) is 0 Å². The second-order valence-electron chi connectivity index (χ2n) is 13.9. The largest absolute Gasteiger partial charge is 0.481 e. The molecule has 1 N–H and O–H groups in total. The maximum atomic E-state index is 10.9. The summed E-state index contributed by atoms with van der Waals surface area (Å²) >= 11 is 1.89. The average Bonchev–Trinajstić information content (AvgIpc) is 3.47. The number of hydrogen-bond acceptors (Lipinski definition) is 4. The van der Waals surface area contributed by atoms with E-state index in [2.05, 4.69) is 45.0 Å². The third-order valence-electron chi connectivity index (χ3n) is 12.2. The zero-order valence-corrected chi connectivity index (χ0v) is 24.5. The van der Waals surface area contributed by atoms with Gasteiger partial charge in [0, 0.05) is 0 Å². The third kappa shape index (κ3) is 4.74. The molecule has 4 saturated carbocycles. The van der Waals surface area contributed by atoms with Crippen molar-refractivity contribution in [1.29, 1.82) is 0 Å². The lowest BCUT2D eigenvalue weighted by molar-refractivity contribution is -0.144. The molecular formula is C33H47NO3S. The molecule has 0 saturated heterocycles. The van der Waals surface area contributed by atoms with Crippen molar-refractivity contribution >= 4 is 27.5 Å². The molecule has 1 aromatic heterocycles. The zero-order valence-electron chi connectivity index (χ0n) is 23.7. The van der Waals surface area contributed by atoms with Gasteiger partial charge >= 0.3 is 5.97 Å². The highest BCUT2D eigenvalue weighted by Gasteiger charge is 2.60. The number of carboxylic acid groups (broad SMARTS) is 1. The van der Waals surface area contributed by atoms with E-state index < -0.39 is 5.97 Å². The minimum Gasteiger partial charge on any atom is -0.481 e. The average molecular weight is 538 g/mol. The lowest BCUT2D eigenvalue weighted by atomic mass is 9.44. The van der Waals surface area contributed by atoms with Gasteiger partial charge in [0.15, 0.2) is 0 Å². The van der Waals surface area contributed by atoms with Gasteiger partial charge in [0.25, 0.3) is 0 Å². The molecule has 208 valence electrons. The van der Waals surface area contributed by atoms with Crippen molar-refractivity contribution in [2.75, 3.05) is 6.61 Å². The molecular weight excluding hydrogens is 490 g/mol. The van der Waals surface area contributed by atoms with Crippen LogP contribution in [0.3, 0.4) is 0 Å². The van der Waals surface area contributed by atoms with E-state index in [0.29, 0.717) is 17.4 Å². The number of carboxylic acids is 1. The number of aryl methyl sites for hydroxylation is 1. The van der Waals surface area contributed by atoms with E-state index in [1.165, 1.54) is 61.1 Å². The molecule has 0 aliphatic heterocycles. The Hall–Kier alpha value is -1.46. The third-order valence-corrected chi connectivity index (χ3v) is 13.3. The van der Waals surface area contributed by atoms with Gasteiger partial charge < -0.3 is 9.84 Å². The number of nitrogens with zero attached hydrogens (tertiary/aromatic N) is 1. The van der Waals surface area contributed by atoms with E-state index >= 15 is 0 Å². The van der Waals surface area contributed by atoms with Crippen LogP contribution in [0.2, 0.25) is 0 Å². The number of aliphatic carboxylic acids is 1. The van der Waals surface area contributed by atoms with Gasteiger partial charge in [0.05, 0.1) is 34.4 Å². The fourth-order valence-electron chi connectivity index (χ4n) is 10.2. The van der Waals surface area contributed by atoms with Crippen molar-refractivity contribution in [3.8, 4) is 0 Å². The van der Waals surface area contributed by atoms with Crippen molar-refractivity contribution in [3.05, 3.63) is 29.3 Å². The summed E-state index contributed by atoms with van der Waals surface area (Å²) in [7, 11) is 0. The first kappa shape index (κ1) is 26.7. The lowest BCUT2D eigenvalue weighted by Gasteiger charge is -2.61. The number of rotatable bonds is 8. The molecule has 0 amide bonds. The quantitative estimate of drug-likeness (QED) is 0.367. The first-order valence-corrected chi connectivity index (χ1v) is 16.3. The first-order chi connectivity index (χ1) is 18.3. The molecule has 9 atom stereocenters. The molecule has 4 aliphatic carbocycles. The van der Waals surface area contributed by atoms with Gasteiger partial charge in [-0.1, -0.05) is 32.9 Å². The number of fused-ring (bicyclic) bond motifs is 6. The molecule has 4 aliphatic rings. The van der Waals surface area contributed by atoms with E-state index in [9.17, 15) is 4.79 Å². The zero-order chi connectivity index (χ0) is 26.5. The van der Waals surface area contributed by atoms with Crippen LogP contribution in [0.25, 0.3) is 10.2 Å². The fourth-order valence-corrected chi connectivity index (χ4v) is 11.2. The highest BCUT2D eigenvalue weighted by molar-refractivity contribution is 7.18. The SMILES string of the molecule is C[C@@H](CCc1nc2ccccc2s1)[C@@H]1CC[C@H]2[C@H]3CC[C@@H]4C[C@@H](OCCC(=O)O)CC[C@]4(C)[C@@H]3CC[C@@]21C. The Morgan fingerprint density at radius 1 is 1.08 bits per heavy atom. The fraction of sp³-hybridized carbons (Fsp3) is 0.758. The van der Waals surface area contributed by atoms with Gasteiger partial charge in [-0.25, -0.2) is 4.98 Å². The maximum Gasteiger partial charge on any atom is 0.305 e. The molecule has 0 bridgehead atoms. The minimum absolute atomic E-state index is 0.129. The monoisotopic (exact) mass is 537 g/mol. The molecule has 4 nitrogen and oxygen atoms in total. The van der Waals surface area contributed by atoms with Crippen LogP contribution in [0.15, 0.2) is 24.3 Å². The van der Waals surface area contributed by atoms with Crippen LogP contribution in [-0.4, -0.2) is 28.8 Å². The van der Waals surface area contributed by atoms with Gasteiger partial charge in [0.1, 0.15) is 0 Å². The van der Waals surface area contributed by atoms with Crippen LogP contribution < -0.4 is 0 Å². The summed E-state index contributed by atoms with van der Waals surface area (Å²) < 4.78 is 7.36. The Labute approximate surface area is 233 Å². The van der Waals surface area contributed by atoms with Crippen molar-refractivity contribution < 1.29 is 14.6 Å². The molecule has 1 heterocycles. The highest BCUT2D eigenvalue weighted by atomic mass is 32.1. The topological polar surface area (TPSA) is 59.4 Å². The van der Waals surface area contributed by atoms with Crippen molar-refractivity contribution in [2.24, 2.45) is 46.3 Å². The Bertz CT molecular complexity index is 1110. The van der Waals surface area contributed by atoms with E-state index in [4.69, 9.17) is 14.8 Å². The number of aromatic nitrogens is 1. The number of benzene rings is 1. The van der Waals surface area contributed by atoms with Crippen LogP contribution in [0.5, 0.6) is 0 Å². The standard InChI is InChI=1S/C33H47NO3S/c1-21(8-13-30-34-28-6-4-5-7-29(28)38-30)25-11-12-26-24-10-9-22-20-23(37-19-16-31(35)36)14-17-32(22,2)27(24)15-18-33(25,26)3/h4-7,21-27H,8-20H2,1-3H3,(H,35,36)/t21-,22+,23-,24+,25-,26-,27+,32-,33+/m0/s1. The lowest BCUT2D eigenvalue weighted by Crippen LogP contribution is -2.54. The van der Waals surface area contributed by atoms with Gasteiger partial charge in [-0.15, -0.1) is 11.3 Å². The van der Waals surface area contributed by atoms with Crippen molar-refractivity contribution in [2.45, 2.75) is 104 Å². The second kappa shape index (κ2) is 10.5. The number of carbonyl (C=O) groups is 1. The number of thiazole rings is 1. The van der Waals surface area contributed by atoms with Crippen molar-refractivity contribution in [1.82, 2.24) is 4.98 Å². The Kier molecular flexibility index (Phi) is 7.39. The Morgan fingerprint density at radius 3 is 2.68 bits per heavy atom. The summed E-state index contributed by atoms with van der Waals surface area (Å²) in [6, 6.07) is 8.57.